The molecular weight excluding hydrogens is 422 g/mol. The van der Waals surface area contributed by atoms with Crippen molar-refractivity contribution in [3.8, 4) is 11.4 Å². The van der Waals surface area contributed by atoms with Crippen LogP contribution in [0.5, 0.6) is 0 Å². The summed E-state index contributed by atoms with van der Waals surface area (Å²) in [5.41, 5.74) is 1.44. The van der Waals surface area contributed by atoms with Gasteiger partial charge in [-0.3, -0.25) is 9.59 Å². The molecular formula is C20H19N5O5S. The molecule has 2 N–H and O–H groups in total. The Morgan fingerprint density at radius 1 is 1.26 bits per heavy atom. The molecule has 0 radical (unpaired) electrons. The molecule has 11 heteroatoms. The van der Waals surface area contributed by atoms with Gasteiger partial charge in [0.25, 0.3) is 11.8 Å². The molecule has 1 aliphatic heterocycles. The van der Waals surface area contributed by atoms with E-state index >= 15 is 0 Å². The average Bonchev–Trinajstić information content (AvgIpc) is 3.47. The highest BCUT2D eigenvalue weighted by molar-refractivity contribution is 7.15. The molecule has 0 aliphatic carbocycles. The maximum Gasteiger partial charge on any atom is 0.347 e. The van der Waals surface area contributed by atoms with Crippen molar-refractivity contribution >= 4 is 29.1 Å². The van der Waals surface area contributed by atoms with E-state index in [1.54, 1.807) is 43.0 Å². The minimum Gasteiger partial charge on any atom is -0.477 e. The van der Waals surface area contributed by atoms with Gasteiger partial charge in [0, 0.05) is 37.2 Å². The van der Waals surface area contributed by atoms with Crippen LogP contribution in [-0.4, -0.2) is 62.0 Å². The number of aryl methyl sites for hydroxylation is 2. The first-order valence-corrected chi connectivity index (χ1v) is 10.3. The molecule has 160 valence electrons. The van der Waals surface area contributed by atoms with Crippen molar-refractivity contribution in [1.29, 1.82) is 0 Å². The van der Waals surface area contributed by atoms with E-state index in [4.69, 9.17) is 9.63 Å². The quantitative estimate of drug-likeness (QED) is 0.614. The monoisotopic (exact) mass is 441 g/mol. The zero-order chi connectivity index (χ0) is 22.1. The summed E-state index contributed by atoms with van der Waals surface area (Å²) in [6.45, 7) is 4.03. The normalized spacial score (nSPS) is 15.8. The number of carbonyl (C=O) groups excluding carboxylic acids is 2. The highest BCUT2D eigenvalue weighted by atomic mass is 32.1. The van der Waals surface area contributed by atoms with Crippen LogP contribution in [0.2, 0.25) is 0 Å². The molecule has 1 aliphatic rings. The molecule has 0 bridgehead atoms. The van der Waals surface area contributed by atoms with E-state index in [-0.39, 0.29) is 27.7 Å². The Kier molecular flexibility index (Phi) is 5.51. The summed E-state index contributed by atoms with van der Waals surface area (Å²) in [7, 11) is 0. The number of nitrogens with zero attached hydrogens (tertiary/aromatic N) is 4. The summed E-state index contributed by atoms with van der Waals surface area (Å²) < 4.78 is 4.98. The third-order valence-electron chi connectivity index (χ3n) is 4.90. The van der Waals surface area contributed by atoms with Gasteiger partial charge in [-0.25, -0.2) is 9.78 Å². The predicted octanol–water partition coefficient (Wildman–Crippen LogP) is 2.15. The molecule has 31 heavy (non-hydrogen) atoms. The molecule has 0 unspecified atom stereocenters. The number of aromatic nitrogens is 3. The molecule has 0 saturated carbocycles. The summed E-state index contributed by atoms with van der Waals surface area (Å²) in [6.07, 6.45) is 0.595. The minimum atomic E-state index is -1.10. The highest BCUT2D eigenvalue weighted by Crippen LogP contribution is 2.22. The maximum atomic E-state index is 12.7. The van der Waals surface area contributed by atoms with Crippen LogP contribution in [0.15, 0.2) is 28.8 Å². The Morgan fingerprint density at radius 2 is 2.06 bits per heavy atom. The van der Waals surface area contributed by atoms with Crippen molar-refractivity contribution in [1.82, 2.24) is 25.3 Å². The minimum absolute atomic E-state index is 0.0593. The largest absolute Gasteiger partial charge is 0.477 e. The SMILES string of the molecule is Cc1nc(-c2cccc(C(=O)N[C@H]3CCN(C(=O)c4nc(C)c(C(=O)O)s4)C3)c2)no1. The number of hydrogen-bond acceptors (Lipinski definition) is 8. The zero-order valence-electron chi connectivity index (χ0n) is 16.8. The number of rotatable bonds is 5. The second-order valence-corrected chi connectivity index (χ2v) is 8.17. The van der Waals surface area contributed by atoms with Crippen molar-refractivity contribution in [2.24, 2.45) is 0 Å². The Balaban J connectivity index is 1.40. The van der Waals surface area contributed by atoms with E-state index in [2.05, 4.69) is 20.4 Å². The standard InChI is InChI=1S/C20H19N5O5S/c1-10-15(20(28)29)31-18(21-10)19(27)25-7-6-14(9-25)23-17(26)13-5-3-4-12(8-13)16-22-11(2)30-24-16/h3-5,8,14H,6-7,9H2,1-2H3,(H,23,26)(H,28,29)/t14-/m0/s1. The number of carboxylic acid groups (broad SMARTS) is 1. The number of thiazole rings is 1. The molecule has 4 rings (SSSR count). The fourth-order valence-electron chi connectivity index (χ4n) is 3.37. The van der Waals surface area contributed by atoms with E-state index in [0.717, 1.165) is 11.3 Å². The Labute approximate surface area is 180 Å². The van der Waals surface area contributed by atoms with Crippen LogP contribution in [0.4, 0.5) is 0 Å². The number of aromatic carboxylic acids is 1. The molecule has 1 aromatic carbocycles. The van der Waals surface area contributed by atoms with Crippen LogP contribution >= 0.6 is 11.3 Å². The lowest BCUT2D eigenvalue weighted by Gasteiger charge is -2.16. The van der Waals surface area contributed by atoms with Crippen LogP contribution in [0, 0.1) is 13.8 Å². The van der Waals surface area contributed by atoms with Gasteiger partial charge in [-0.2, -0.15) is 4.98 Å². The van der Waals surface area contributed by atoms with E-state index in [0.29, 0.717) is 48.0 Å². The zero-order valence-corrected chi connectivity index (χ0v) is 17.6. The number of carboxylic acids is 1. The smallest absolute Gasteiger partial charge is 0.347 e. The van der Waals surface area contributed by atoms with E-state index in [9.17, 15) is 14.4 Å². The second-order valence-electron chi connectivity index (χ2n) is 7.17. The maximum absolute atomic E-state index is 12.7. The molecule has 3 heterocycles. The number of amides is 2. The Morgan fingerprint density at radius 3 is 2.74 bits per heavy atom. The number of carbonyl (C=O) groups is 3. The fourth-order valence-corrected chi connectivity index (χ4v) is 4.24. The molecule has 1 atom stereocenters. The number of nitrogens with one attached hydrogen (secondary N) is 1. The van der Waals surface area contributed by atoms with Crippen LogP contribution in [0.1, 0.15) is 47.8 Å². The molecule has 1 saturated heterocycles. The number of hydrogen-bond donors (Lipinski definition) is 2. The molecule has 10 nitrogen and oxygen atoms in total. The number of likely N-dealkylation sites (tertiary alicyclic amines) is 1. The lowest BCUT2D eigenvalue weighted by atomic mass is 10.1. The van der Waals surface area contributed by atoms with E-state index in [1.807, 2.05) is 0 Å². The van der Waals surface area contributed by atoms with Gasteiger partial charge in [-0.05, 0) is 25.5 Å². The molecule has 1 fully saturated rings. The van der Waals surface area contributed by atoms with Gasteiger partial charge in [0.2, 0.25) is 11.7 Å². The summed E-state index contributed by atoms with van der Waals surface area (Å²) in [5, 5.41) is 16.1. The lowest BCUT2D eigenvalue weighted by molar-refractivity contribution is 0.0700. The van der Waals surface area contributed by atoms with E-state index in [1.165, 1.54) is 0 Å². The van der Waals surface area contributed by atoms with Gasteiger partial charge in [0.15, 0.2) is 5.01 Å². The van der Waals surface area contributed by atoms with Crippen LogP contribution in [-0.2, 0) is 0 Å². The summed E-state index contributed by atoms with van der Waals surface area (Å²) in [5.74, 6) is -0.846. The summed E-state index contributed by atoms with van der Waals surface area (Å²) >= 11 is 0.867. The first-order chi connectivity index (χ1) is 14.8. The third kappa shape index (κ3) is 4.31. The fraction of sp³-hybridized carbons (Fsp3) is 0.300. The average molecular weight is 441 g/mol. The van der Waals surface area contributed by atoms with Crippen LogP contribution < -0.4 is 5.32 Å². The third-order valence-corrected chi connectivity index (χ3v) is 6.03. The van der Waals surface area contributed by atoms with Crippen molar-refractivity contribution in [2.75, 3.05) is 13.1 Å². The topological polar surface area (TPSA) is 139 Å². The Bertz CT molecular complexity index is 1170. The van der Waals surface area contributed by atoms with Crippen molar-refractivity contribution in [3.63, 3.8) is 0 Å². The molecule has 2 amide bonds. The van der Waals surface area contributed by atoms with Crippen molar-refractivity contribution in [3.05, 3.63) is 51.3 Å². The lowest BCUT2D eigenvalue weighted by Crippen LogP contribution is -2.38. The summed E-state index contributed by atoms with van der Waals surface area (Å²) in [4.78, 5) is 46.5. The van der Waals surface area contributed by atoms with Gasteiger partial charge in [-0.15, -0.1) is 11.3 Å². The van der Waals surface area contributed by atoms with Crippen molar-refractivity contribution < 1.29 is 24.0 Å². The van der Waals surface area contributed by atoms with Gasteiger partial charge < -0.3 is 19.8 Å². The molecule has 3 aromatic rings. The van der Waals surface area contributed by atoms with Gasteiger partial charge in [0.05, 0.1) is 5.69 Å². The first-order valence-electron chi connectivity index (χ1n) is 9.53. The van der Waals surface area contributed by atoms with Gasteiger partial charge in [0.1, 0.15) is 4.88 Å². The Hall–Kier alpha value is -3.60. The molecule has 2 aromatic heterocycles. The molecule has 0 spiro atoms. The number of benzene rings is 1. The second kappa shape index (κ2) is 8.26. The van der Waals surface area contributed by atoms with Crippen LogP contribution in [0.3, 0.4) is 0 Å². The predicted molar refractivity (Wildman–Crippen MR) is 110 cm³/mol. The van der Waals surface area contributed by atoms with Gasteiger partial charge in [-0.1, -0.05) is 17.3 Å². The van der Waals surface area contributed by atoms with Crippen molar-refractivity contribution in [2.45, 2.75) is 26.3 Å². The highest BCUT2D eigenvalue weighted by Gasteiger charge is 2.30. The van der Waals surface area contributed by atoms with E-state index < -0.39 is 5.97 Å². The summed E-state index contributed by atoms with van der Waals surface area (Å²) in [6, 6.07) is 6.69. The first kappa shape index (κ1) is 20.7. The van der Waals surface area contributed by atoms with Crippen LogP contribution in [0.25, 0.3) is 11.4 Å². The van der Waals surface area contributed by atoms with Gasteiger partial charge >= 0.3 is 5.97 Å².